The van der Waals surface area contributed by atoms with Gasteiger partial charge in [0.25, 0.3) is 5.91 Å². The van der Waals surface area contributed by atoms with Crippen LogP contribution in [0, 0.1) is 6.92 Å². The summed E-state index contributed by atoms with van der Waals surface area (Å²) >= 11 is 0. The molecule has 1 atom stereocenters. The zero-order valence-electron chi connectivity index (χ0n) is 11.9. The van der Waals surface area contributed by atoms with Crippen LogP contribution >= 0.6 is 0 Å². The van der Waals surface area contributed by atoms with Crippen LogP contribution in [0.15, 0.2) is 36.5 Å². The summed E-state index contributed by atoms with van der Waals surface area (Å²) in [5.74, 6) is 0.509. The first-order valence-corrected chi connectivity index (χ1v) is 7.01. The third kappa shape index (κ3) is 2.78. The Balaban J connectivity index is 1.86. The lowest BCUT2D eigenvalue weighted by Gasteiger charge is -2.16. The smallest absolute Gasteiger partial charge is 0.257 e. The molecule has 5 nitrogen and oxygen atoms in total. The maximum atomic E-state index is 12.4. The Morgan fingerprint density at radius 2 is 2.10 bits per heavy atom. The Morgan fingerprint density at radius 3 is 2.71 bits per heavy atom. The minimum Gasteiger partial charge on any atom is -0.391 e. The van der Waals surface area contributed by atoms with E-state index in [1.165, 1.54) is 0 Å². The molecule has 0 unspecified atom stereocenters. The summed E-state index contributed by atoms with van der Waals surface area (Å²) in [6.45, 7) is 2.78. The standard InChI is InChI=1S/C16H17N3O2/c1-11-14(16(21)19-8-7-13(20)10-19)9-17-15(18-11)12-5-3-2-4-6-12/h2-6,9,13,20H,7-8,10H2,1H3/t13-/m1/s1. The van der Waals surface area contributed by atoms with Gasteiger partial charge in [0.1, 0.15) is 0 Å². The fraction of sp³-hybridized carbons (Fsp3) is 0.312. The van der Waals surface area contributed by atoms with E-state index in [0.717, 1.165) is 5.56 Å². The summed E-state index contributed by atoms with van der Waals surface area (Å²) in [7, 11) is 0. The number of likely N-dealkylation sites (tertiary alicyclic amines) is 1. The van der Waals surface area contributed by atoms with Crippen molar-refractivity contribution in [1.29, 1.82) is 0 Å². The van der Waals surface area contributed by atoms with E-state index in [9.17, 15) is 9.90 Å². The number of amides is 1. The van der Waals surface area contributed by atoms with Gasteiger partial charge in [-0.1, -0.05) is 30.3 Å². The summed E-state index contributed by atoms with van der Waals surface area (Å²) in [6, 6.07) is 9.67. The Hall–Kier alpha value is -2.27. The van der Waals surface area contributed by atoms with E-state index >= 15 is 0 Å². The van der Waals surface area contributed by atoms with E-state index in [0.29, 0.717) is 36.6 Å². The molecular formula is C16H17N3O2. The molecule has 0 saturated carbocycles. The van der Waals surface area contributed by atoms with Crippen molar-refractivity contribution in [2.45, 2.75) is 19.4 Å². The number of aromatic nitrogens is 2. The van der Waals surface area contributed by atoms with Crippen molar-refractivity contribution < 1.29 is 9.90 Å². The zero-order valence-corrected chi connectivity index (χ0v) is 11.9. The number of aliphatic hydroxyl groups excluding tert-OH is 1. The van der Waals surface area contributed by atoms with Crippen LogP contribution in [-0.2, 0) is 0 Å². The van der Waals surface area contributed by atoms with Crippen molar-refractivity contribution in [1.82, 2.24) is 14.9 Å². The maximum Gasteiger partial charge on any atom is 0.257 e. The quantitative estimate of drug-likeness (QED) is 0.910. The van der Waals surface area contributed by atoms with Gasteiger partial charge >= 0.3 is 0 Å². The molecule has 108 valence electrons. The van der Waals surface area contributed by atoms with Gasteiger partial charge in [-0.05, 0) is 13.3 Å². The van der Waals surface area contributed by atoms with Gasteiger partial charge in [-0.15, -0.1) is 0 Å². The molecule has 0 bridgehead atoms. The van der Waals surface area contributed by atoms with E-state index in [1.807, 2.05) is 37.3 Å². The number of nitrogens with zero attached hydrogens (tertiary/aromatic N) is 3. The first kappa shape index (κ1) is 13.7. The highest BCUT2D eigenvalue weighted by molar-refractivity contribution is 5.95. The first-order valence-electron chi connectivity index (χ1n) is 7.01. The summed E-state index contributed by atoms with van der Waals surface area (Å²) in [6.07, 6.45) is 1.80. The lowest BCUT2D eigenvalue weighted by molar-refractivity contribution is 0.0763. The van der Waals surface area contributed by atoms with Crippen molar-refractivity contribution in [3.05, 3.63) is 47.8 Å². The molecular weight excluding hydrogens is 266 g/mol. The molecule has 1 N–H and O–H groups in total. The molecule has 0 radical (unpaired) electrons. The Kier molecular flexibility index (Phi) is 3.66. The van der Waals surface area contributed by atoms with E-state index < -0.39 is 6.10 Å². The SMILES string of the molecule is Cc1nc(-c2ccccc2)ncc1C(=O)N1CC[C@@H](O)C1. The fourth-order valence-electron chi connectivity index (χ4n) is 2.50. The number of benzene rings is 1. The van der Waals surface area contributed by atoms with Crippen molar-refractivity contribution in [2.75, 3.05) is 13.1 Å². The van der Waals surface area contributed by atoms with E-state index in [1.54, 1.807) is 11.1 Å². The number of hydrogen-bond acceptors (Lipinski definition) is 4. The van der Waals surface area contributed by atoms with Crippen LogP contribution in [-0.4, -0.2) is 45.1 Å². The minimum atomic E-state index is -0.418. The second-order valence-corrected chi connectivity index (χ2v) is 5.25. The molecule has 1 aliphatic rings. The number of carbonyl (C=O) groups excluding carboxylic acids is 1. The van der Waals surface area contributed by atoms with Gasteiger partial charge in [0.15, 0.2) is 5.82 Å². The van der Waals surface area contributed by atoms with Gasteiger partial charge in [0.05, 0.1) is 17.4 Å². The number of aliphatic hydroxyl groups is 1. The Labute approximate surface area is 123 Å². The zero-order chi connectivity index (χ0) is 14.8. The predicted molar refractivity (Wildman–Crippen MR) is 78.7 cm³/mol. The van der Waals surface area contributed by atoms with Gasteiger partial charge < -0.3 is 10.0 Å². The monoisotopic (exact) mass is 283 g/mol. The van der Waals surface area contributed by atoms with E-state index in [2.05, 4.69) is 9.97 Å². The van der Waals surface area contributed by atoms with Crippen LogP contribution in [0.4, 0.5) is 0 Å². The molecule has 1 fully saturated rings. The molecule has 1 saturated heterocycles. The highest BCUT2D eigenvalue weighted by atomic mass is 16.3. The average Bonchev–Trinajstić information content (AvgIpc) is 2.94. The third-order valence-electron chi connectivity index (χ3n) is 3.69. The molecule has 1 amide bonds. The second-order valence-electron chi connectivity index (χ2n) is 5.25. The van der Waals surface area contributed by atoms with E-state index in [-0.39, 0.29) is 5.91 Å². The van der Waals surface area contributed by atoms with Crippen molar-refractivity contribution >= 4 is 5.91 Å². The fourth-order valence-corrected chi connectivity index (χ4v) is 2.50. The van der Waals surface area contributed by atoms with Crippen LogP contribution in [0.3, 0.4) is 0 Å². The molecule has 0 aliphatic carbocycles. The van der Waals surface area contributed by atoms with E-state index in [4.69, 9.17) is 0 Å². The summed E-state index contributed by atoms with van der Waals surface area (Å²) < 4.78 is 0. The van der Waals surface area contributed by atoms with Gasteiger partial charge in [-0.25, -0.2) is 9.97 Å². The highest BCUT2D eigenvalue weighted by Crippen LogP contribution is 2.18. The summed E-state index contributed by atoms with van der Waals surface area (Å²) in [5, 5.41) is 9.53. The Bertz CT molecular complexity index is 658. The van der Waals surface area contributed by atoms with Gasteiger partial charge in [0.2, 0.25) is 0 Å². The molecule has 1 aromatic heterocycles. The second kappa shape index (κ2) is 5.61. The number of carbonyl (C=O) groups is 1. The minimum absolute atomic E-state index is 0.108. The lowest BCUT2D eigenvalue weighted by Crippen LogP contribution is -2.30. The van der Waals surface area contributed by atoms with Crippen LogP contribution in [0.1, 0.15) is 22.5 Å². The lowest BCUT2D eigenvalue weighted by atomic mass is 10.1. The van der Waals surface area contributed by atoms with Gasteiger partial charge in [-0.3, -0.25) is 4.79 Å². The number of rotatable bonds is 2. The maximum absolute atomic E-state index is 12.4. The highest BCUT2D eigenvalue weighted by Gasteiger charge is 2.26. The summed E-state index contributed by atoms with van der Waals surface area (Å²) in [4.78, 5) is 22.8. The van der Waals surface area contributed by atoms with Crippen LogP contribution in [0.25, 0.3) is 11.4 Å². The molecule has 0 spiro atoms. The van der Waals surface area contributed by atoms with Crippen LogP contribution < -0.4 is 0 Å². The normalized spacial score (nSPS) is 18.0. The van der Waals surface area contributed by atoms with Crippen molar-refractivity contribution in [3.63, 3.8) is 0 Å². The number of aryl methyl sites for hydroxylation is 1. The van der Waals surface area contributed by atoms with Crippen molar-refractivity contribution in [2.24, 2.45) is 0 Å². The van der Waals surface area contributed by atoms with Gasteiger partial charge in [0, 0.05) is 24.8 Å². The molecule has 2 aromatic rings. The van der Waals surface area contributed by atoms with Crippen LogP contribution in [0.5, 0.6) is 0 Å². The topological polar surface area (TPSA) is 66.3 Å². The number of β-amino-alcohol motifs (C(OH)–C–C–N with tert-alkyl or cyclic N) is 1. The van der Waals surface area contributed by atoms with Crippen molar-refractivity contribution in [3.8, 4) is 11.4 Å². The molecule has 3 rings (SSSR count). The Morgan fingerprint density at radius 1 is 1.33 bits per heavy atom. The molecule has 5 heteroatoms. The number of hydrogen-bond donors (Lipinski definition) is 1. The molecule has 1 aromatic carbocycles. The third-order valence-corrected chi connectivity index (χ3v) is 3.69. The largest absolute Gasteiger partial charge is 0.391 e. The predicted octanol–water partition coefficient (Wildman–Crippen LogP) is 1.66. The average molecular weight is 283 g/mol. The first-order chi connectivity index (χ1) is 10.1. The molecule has 2 heterocycles. The summed E-state index contributed by atoms with van der Waals surface area (Å²) in [5.41, 5.74) is 2.09. The molecule has 1 aliphatic heterocycles. The van der Waals surface area contributed by atoms with Gasteiger partial charge in [-0.2, -0.15) is 0 Å². The van der Waals surface area contributed by atoms with Crippen LogP contribution in [0.2, 0.25) is 0 Å². The molecule has 21 heavy (non-hydrogen) atoms.